The van der Waals surface area contributed by atoms with E-state index in [4.69, 9.17) is 9.47 Å². The van der Waals surface area contributed by atoms with Gasteiger partial charge in [-0.1, -0.05) is 26.0 Å². The Kier molecular flexibility index (Phi) is 7.33. The number of rotatable bonds is 10. The largest absolute Gasteiger partial charge is 0.497 e. The number of para-hydroxylation sites is 1. The molecule has 2 aromatic carbocycles. The molecule has 0 bridgehead atoms. The number of methoxy groups -OCH3 is 2. The van der Waals surface area contributed by atoms with E-state index in [1.54, 1.807) is 18.8 Å². The highest BCUT2D eigenvalue weighted by Gasteiger charge is 2.17. The molecule has 184 valence electrons. The van der Waals surface area contributed by atoms with Crippen LogP contribution in [-0.2, 0) is 24.2 Å². The summed E-state index contributed by atoms with van der Waals surface area (Å²) in [5.74, 6) is 2.85. The third-order valence-electron chi connectivity index (χ3n) is 5.90. The Morgan fingerprint density at radius 2 is 1.86 bits per heavy atom. The third-order valence-corrected chi connectivity index (χ3v) is 5.90. The van der Waals surface area contributed by atoms with E-state index in [1.807, 2.05) is 46.9 Å². The number of carbonyl (C=O) groups excluding carboxylic acids is 1. The number of ether oxygens (including phenoxy) is 2. The number of fused-ring (bicyclic) bond motifs is 3. The van der Waals surface area contributed by atoms with E-state index in [-0.39, 0.29) is 23.8 Å². The van der Waals surface area contributed by atoms with E-state index in [0.29, 0.717) is 42.9 Å². The summed E-state index contributed by atoms with van der Waals surface area (Å²) in [6.07, 6.45) is 1.28. The second kappa shape index (κ2) is 10.6. The number of nitrogens with one attached hydrogen (secondary N) is 1. The van der Waals surface area contributed by atoms with Crippen LogP contribution in [0.1, 0.15) is 31.7 Å². The molecule has 9 nitrogen and oxygen atoms in total. The first-order chi connectivity index (χ1) is 16.9. The zero-order valence-electron chi connectivity index (χ0n) is 20.6. The SMILES string of the molecule is COc1ccc(OC)c(CCNC(=O)CCc2nnc3n(CC(C)C)c(=O)c4ccccc4n23)c1. The molecule has 0 saturated carbocycles. The second-order valence-electron chi connectivity index (χ2n) is 8.86. The predicted molar refractivity (Wildman–Crippen MR) is 134 cm³/mol. The Labute approximate surface area is 203 Å². The van der Waals surface area contributed by atoms with Gasteiger partial charge in [-0.15, -0.1) is 10.2 Å². The Morgan fingerprint density at radius 3 is 2.60 bits per heavy atom. The Hall–Kier alpha value is -3.88. The molecule has 4 aromatic rings. The average molecular weight is 478 g/mol. The minimum atomic E-state index is -0.0802. The van der Waals surface area contributed by atoms with Crippen LogP contribution in [0, 0.1) is 5.92 Å². The van der Waals surface area contributed by atoms with Gasteiger partial charge < -0.3 is 14.8 Å². The molecule has 35 heavy (non-hydrogen) atoms. The maximum absolute atomic E-state index is 13.1. The number of hydrogen-bond acceptors (Lipinski definition) is 6. The van der Waals surface area contributed by atoms with Crippen molar-refractivity contribution in [3.63, 3.8) is 0 Å². The zero-order chi connectivity index (χ0) is 24.9. The fraction of sp³-hybridized carbons (Fsp3) is 0.385. The highest BCUT2D eigenvalue weighted by Crippen LogP contribution is 2.24. The van der Waals surface area contributed by atoms with Crippen molar-refractivity contribution in [1.82, 2.24) is 24.5 Å². The molecule has 0 aliphatic carbocycles. The molecule has 4 rings (SSSR count). The first-order valence-corrected chi connectivity index (χ1v) is 11.8. The van der Waals surface area contributed by atoms with Crippen molar-refractivity contribution in [2.24, 2.45) is 5.92 Å². The molecule has 0 spiro atoms. The number of aryl methyl sites for hydroxylation is 1. The molecule has 1 N–H and O–H groups in total. The molecular formula is C26H31N5O4. The molecule has 2 aromatic heterocycles. The van der Waals surface area contributed by atoms with E-state index < -0.39 is 0 Å². The number of hydrogen-bond donors (Lipinski definition) is 1. The van der Waals surface area contributed by atoms with Crippen LogP contribution in [0.2, 0.25) is 0 Å². The van der Waals surface area contributed by atoms with Crippen LogP contribution in [0.3, 0.4) is 0 Å². The van der Waals surface area contributed by atoms with E-state index >= 15 is 0 Å². The van der Waals surface area contributed by atoms with Gasteiger partial charge in [0.15, 0.2) is 0 Å². The van der Waals surface area contributed by atoms with Crippen LogP contribution < -0.4 is 20.3 Å². The molecule has 1 amide bonds. The lowest BCUT2D eigenvalue weighted by Gasteiger charge is -2.13. The highest BCUT2D eigenvalue weighted by atomic mass is 16.5. The first kappa shape index (κ1) is 24.3. The minimum absolute atomic E-state index is 0.0773. The highest BCUT2D eigenvalue weighted by molar-refractivity contribution is 5.80. The van der Waals surface area contributed by atoms with Gasteiger partial charge in [0.05, 0.1) is 25.1 Å². The molecule has 0 unspecified atom stereocenters. The van der Waals surface area contributed by atoms with Gasteiger partial charge in [0.2, 0.25) is 11.7 Å². The summed E-state index contributed by atoms with van der Waals surface area (Å²) in [5, 5.41) is 12.2. The Morgan fingerprint density at radius 1 is 1.06 bits per heavy atom. The van der Waals surface area contributed by atoms with Crippen LogP contribution >= 0.6 is 0 Å². The second-order valence-corrected chi connectivity index (χ2v) is 8.86. The summed E-state index contributed by atoms with van der Waals surface area (Å²) in [7, 11) is 3.24. The molecule has 0 aliphatic heterocycles. The van der Waals surface area contributed by atoms with Crippen molar-refractivity contribution in [1.29, 1.82) is 0 Å². The fourth-order valence-corrected chi connectivity index (χ4v) is 4.23. The zero-order valence-corrected chi connectivity index (χ0v) is 20.6. The van der Waals surface area contributed by atoms with Crippen LogP contribution in [0.25, 0.3) is 16.7 Å². The van der Waals surface area contributed by atoms with Crippen molar-refractivity contribution in [3.05, 3.63) is 64.2 Å². The van der Waals surface area contributed by atoms with Crippen molar-refractivity contribution >= 4 is 22.6 Å². The summed E-state index contributed by atoms with van der Waals surface area (Å²) in [5.41, 5.74) is 1.63. The lowest BCUT2D eigenvalue weighted by atomic mass is 10.1. The summed E-state index contributed by atoms with van der Waals surface area (Å²) in [4.78, 5) is 25.7. The Bertz CT molecular complexity index is 1410. The third kappa shape index (κ3) is 5.13. The van der Waals surface area contributed by atoms with Crippen LogP contribution in [0.5, 0.6) is 11.5 Å². The van der Waals surface area contributed by atoms with Gasteiger partial charge in [-0.3, -0.25) is 18.6 Å². The fourth-order valence-electron chi connectivity index (χ4n) is 4.23. The van der Waals surface area contributed by atoms with Gasteiger partial charge >= 0.3 is 0 Å². The molecule has 2 heterocycles. The normalized spacial score (nSPS) is 11.3. The van der Waals surface area contributed by atoms with E-state index in [0.717, 1.165) is 22.6 Å². The number of carbonyl (C=O) groups is 1. The van der Waals surface area contributed by atoms with E-state index in [9.17, 15) is 9.59 Å². The minimum Gasteiger partial charge on any atom is -0.497 e. The number of nitrogens with zero attached hydrogens (tertiary/aromatic N) is 4. The van der Waals surface area contributed by atoms with Crippen molar-refractivity contribution < 1.29 is 14.3 Å². The Balaban J connectivity index is 1.48. The molecule has 0 atom stereocenters. The summed E-state index contributed by atoms with van der Waals surface area (Å²) >= 11 is 0. The monoisotopic (exact) mass is 477 g/mol. The number of benzene rings is 2. The van der Waals surface area contributed by atoms with Crippen molar-refractivity contribution in [2.75, 3.05) is 20.8 Å². The smallest absolute Gasteiger partial charge is 0.262 e. The molecule has 0 saturated heterocycles. The maximum Gasteiger partial charge on any atom is 0.262 e. The van der Waals surface area contributed by atoms with Gasteiger partial charge in [0.25, 0.3) is 5.56 Å². The standard InChI is InChI=1S/C26H31N5O4/c1-17(2)16-30-25(33)20-7-5-6-8-21(20)31-23(28-29-26(30)31)11-12-24(32)27-14-13-18-15-19(34-3)9-10-22(18)35-4/h5-10,15,17H,11-14,16H2,1-4H3,(H,27,32). The molecule has 0 radical (unpaired) electrons. The summed E-state index contributed by atoms with van der Waals surface area (Å²) < 4.78 is 14.3. The molecule has 0 aliphatic rings. The van der Waals surface area contributed by atoms with Crippen LogP contribution in [0.4, 0.5) is 0 Å². The first-order valence-electron chi connectivity index (χ1n) is 11.8. The van der Waals surface area contributed by atoms with Gasteiger partial charge in [-0.05, 0) is 48.2 Å². The average Bonchev–Trinajstić information content (AvgIpc) is 3.29. The van der Waals surface area contributed by atoms with Crippen LogP contribution in [-0.4, -0.2) is 45.8 Å². The van der Waals surface area contributed by atoms with E-state index in [2.05, 4.69) is 29.4 Å². The quantitative estimate of drug-likeness (QED) is 0.377. The topological polar surface area (TPSA) is 99.8 Å². The lowest BCUT2D eigenvalue weighted by molar-refractivity contribution is -0.121. The maximum atomic E-state index is 13.1. The van der Waals surface area contributed by atoms with Gasteiger partial charge in [-0.2, -0.15) is 0 Å². The molecule has 0 fully saturated rings. The van der Waals surface area contributed by atoms with Crippen molar-refractivity contribution in [2.45, 2.75) is 39.7 Å². The molecule has 9 heteroatoms. The van der Waals surface area contributed by atoms with Gasteiger partial charge in [-0.25, -0.2) is 0 Å². The molecular weight excluding hydrogens is 446 g/mol. The van der Waals surface area contributed by atoms with E-state index in [1.165, 1.54) is 0 Å². The number of aromatic nitrogens is 4. The summed E-state index contributed by atoms with van der Waals surface area (Å²) in [6, 6.07) is 13.1. The van der Waals surface area contributed by atoms with Gasteiger partial charge in [0.1, 0.15) is 17.3 Å². The van der Waals surface area contributed by atoms with Crippen molar-refractivity contribution in [3.8, 4) is 11.5 Å². The number of amides is 1. The van der Waals surface area contributed by atoms with Crippen LogP contribution in [0.15, 0.2) is 47.3 Å². The van der Waals surface area contributed by atoms with Gasteiger partial charge in [0, 0.05) is 25.9 Å². The predicted octanol–water partition coefficient (Wildman–Crippen LogP) is 3.01. The summed E-state index contributed by atoms with van der Waals surface area (Å²) in [6.45, 7) is 5.13. The lowest BCUT2D eigenvalue weighted by Crippen LogP contribution is -2.27.